The fourth-order valence-corrected chi connectivity index (χ4v) is 17.4. The number of fused-ring (bicyclic) bond motifs is 12. The summed E-state index contributed by atoms with van der Waals surface area (Å²) in [6.07, 6.45) is 16.5. The van der Waals surface area contributed by atoms with Gasteiger partial charge in [0.2, 0.25) is 35.1 Å². The average molecular weight is 2040 g/mol. The van der Waals surface area contributed by atoms with E-state index >= 15 is 0 Å². The fourth-order valence-electron chi connectivity index (χ4n) is 17.4. The van der Waals surface area contributed by atoms with Gasteiger partial charge in [-0.05, 0) is 140 Å². The van der Waals surface area contributed by atoms with Gasteiger partial charge in [-0.3, -0.25) is 4.79 Å². The molecule has 132 heavy (non-hydrogen) atoms. The standard InChI is InChI=1S/C34H29N2O2.C29H37N2O.C27H41N2O.C24H35N2O2.4BrH/c1-25-34-31(19-20-35(25)23-33(37)28-15-9-4-10-16-28)30-18-17-29(38-24-27-13-7-3-8-14-27)21-32(30)36(34)22-26-11-5-2-6-12-26;1-21(2)13-17-31-28-19-25(32-18-15-22(3)4)11-12-26(28)27-14-16-30(23(5)29(27)31)20-24-9-7-6-8-10-24;1-19(2)10-14-28-15-12-25-24-9-8-23(30-17-13-21(5)6)18-26(24)29(16-11-20(3)4)27(25)22(28)7;1-17(2)8-12-26-23-16-20(28-15-10-18(3)4)6-7-21(23)22-9-11-25(13-14-27)19(5)24(22)26;;;;/h2-21H,22-24H2,1H3;6-12,14,16,19,21-22H,13,15,17-18,20H2,1-5H3;8-9,12,15,18-21H,10-11,13-14,16-17H2,1-7H3;6-7,9,11,16-18,27H,8,10,12-15H2,1-5H3;4*1H/q4*+1;;;;/p-4. The second-order valence-corrected chi connectivity index (χ2v) is 38.1. The molecule has 16 aromatic rings. The molecule has 14 nitrogen and oxygen atoms in total. The van der Waals surface area contributed by atoms with Crippen LogP contribution in [0.5, 0.6) is 23.0 Å². The van der Waals surface area contributed by atoms with Gasteiger partial charge in [-0.2, -0.15) is 13.7 Å². The molecule has 0 radical (unpaired) electrons. The molecule has 702 valence electrons. The number of aliphatic hydroxyl groups excluding tert-OH is 1. The summed E-state index contributed by atoms with van der Waals surface area (Å²) < 4.78 is 43.3. The van der Waals surface area contributed by atoms with Gasteiger partial charge in [0.15, 0.2) is 37.9 Å². The van der Waals surface area contributed by atoms with E-state index in [0.717, 1.165) is 142 Å². The van der Waals surface area contributed by atoms with Crippen molar-refractivity contribution in [2.24, 2.45) is 41.4 Å². The SMILES string of the molecule is Cc1c2c(cc[n+]1CC(=O)c1ccccc1)c1ccc(OCc3ccccc3)cc1n2Cc1ccccc1.Cc1c2c(cc[n+]1CCC(C)C)c1ccc(OCCC(C)C)cc1n2CCC(C)C.Cc1c2c(cc[n+]1CCO)c1ccc(OCCC(C)C)cc1n2CCC(C)C.Cc1c2c(cc[n+]1Cc1ccccc1)c1ccc(OCCC(C)C)cc1n2CCC(C)C.[Br-].[Br-].[Br-].[Br-]. The molecular weight excluding hydrogens is 1900 g/mol. The van der Waals surface area contributed by atoms with E-state index in [1.807, 2.05) is 66.9 Å². The summed E-state index contributed by atoms with van der Waals surface area (Å²) in [5.41, 5.74) is 19.4. The lowest BCUT2D eigenvalue weighted by atomic mass is 10.1. The summed E-state index contributed by atoms with van der Waals surface area (Å²) in [6, 6.07) is 76.0. The monoisotopic (exact) mass is 2030 g/mol. The van der Waals surface area contributed by atoms with E-state index in [2.05, 4.69) is 337 Å². The van der Waals surface area contributed by atoms with Crippen molar-refractivity contribution in [1.82, 2.24) is 18.3 Å². The number of aromatic nitrogens is 8. The molecule has 8 aromatic carbocycles. The lowest BCUT2D eigenvalue weighted by molar-refractivity contribution is -0.702. The molecule has 18 heteroatoms. The van der Waals surface area contributed by atoms with Gasteiger partial charge in [-0.15, -0.1) is 0 Å². The minimum absolute atomic E-state index is 0. The highest BCUT2D eigenvalue weighted by Gasteiger charge is 2.27. The Bertz CT molecular complexity index is 6380. The van der Waals surface area contributed by atoms with Crippen molar-refractivity contribution in [3.05, 3.63) is 288 Å². The second kappa shape index (κ2) is 50.6. The predicted octanol–water partition coefficient (Wildman–Crippen LogP) is 13.6. The molecule has 8 heterocycles. The van der Waals surface area contributed by atoms with Crippen LogP contribution in [0.1, 0.15) is 192 Å². The lowest BCUT2D eigenvalue weighted by Gasteiger charge is -2.12. The first-order chi connectivity index (χ1) is 61.8. The third-order valence-corrected chi connectivity index (χ3v) is 25.1. The molecule has 0 fully saturated rings. The average Bonchev–Trinajstić information content (AvgIpc) is 1.61. The van der Waals surface area contributed by atoms with E-state index in [-0.39, 0.29) is 80.3 Å². The van der Waals surface area contributed by atoms with Crippen molar-refractivity contribution in [3.63, 3.8) is 0 Å². The van der Waals surface area contributed by atoms with Gasteiger partial charge >= 0.3 is 0 Å². The Balaban J connectivity index is 0.000000197. The maximum atomic E-state index is 13.0. The Hall–Kier alpha value is -9.69. The Kier molecular flexibility index (Phi) is 40.6. The van der Waals surface area contributed by atoms with Crippen LogP contribution >= 0.6 is 0 Å². The molecule has 0 atom stereocenters. The molecule has 0 saturated carbocycles. The van der Waals surface area contributed by atoms with Crippen LogP contribution in [-0.2, 0) is 59.0 Å². The molecule has 0 amide bonds. The summed E-state index contributed by atoms with van der Waals surface area (Å²) in [5.74, 6) is 8.50. The molecule has 0 aliphatic heterocycles. The molecule has 0 spiro atoms. The van der Waals surface area contributed by atoms with E-state index in [1.165, 1.54) is 117 Å². The van der Waals surface area contributed by atoms with Crippen LogP contribution in [0.3, 0.4) is 0 Å². The minimum atomic E-state index is 0. The second-order valence-electron chi connectivity index (χ2n) is 38.1. The fraction of sp³-hybridized carbons (Fsp3) is 0.395. The molecule has 0 aliphatic rings. The Labute approximate surface area is 827 Å². The highest BCUT2D eigenvalue weighted by molar-refractivity contribution is 6.12. The summed E-state index contributed by atoms with van der Waals surface area (Å²) >= 11 is 0. The maximum absolute atomic E-state index is 13.0. The van der Waals surface area contributed by atoms with Crippen LogP contribution in [0.4, 0.5) is 0 Å². The zero-order valence-corrected chi connectivity index (χ0v) is 87.7. The number of hydrogen-bond acceptors (Lipinski definition) is 6. The number of aryl methyl sites for hydroxylation is 8. The molecule has 0 unspecified atom stereocenters. The molecule has 0 saturated heterocycles. The lowest BCUT2D eigenvalue weighted by Crippen LogP contribution is -3.00. The van der Waals surface area contributed by atoms with Crippen LogP contribution in [0.25, 0.3) is 87.2 Å². The molecule has 8 aromatic heterocycles. The van der Waals surface area contributed by atoms with Gasteiger partial charge in [-0.1, -0.05) is 218 Å². The van der Waals surface area contributed by atoms with Crippen LogP contribution in [0.2, 0.25) is 0 Å². The number of ether oxygens (including phenoxy) is 4. The van der Waals surface area contributed by atoms with E-state index < -0.39 is 0 Å². The topological polar surface area (TPSA) is 109 Å². The number of halogens is 4. The molecular formula is C114H142Br4N8O6. The van der Waals surface area contributed by atoms with E-state index in [1.54, 1.807) is 0 Å². The normalized spacial score (nSPS) is 11.4. The quantitative estimate of drug-likeness (QED) is 0.0309. The van der Waals surface area contributed by atoms with Crippen molar-refractivity contribution >= 4 is 93.0 Å². The number of nitrogens with zero attached hydrogens (tertiary/aromatic N) is 8. The van der Waals surface area contributed by atoms with Crippen LogP contribution in [0, 0.1) is 69.1 Å². The molecule has 0 aliphatic carbocycles. The number of hydrogen-bond donors (Lipinski definition) is 1. The summed E-state index contributed by atoms with van der Waals surface area (Å²) in [7, 11) is 0. The van der Waals surface area contributed by atoms with Crippen LogP contribution < -0.4 is 105 Å². The predicted molar refractivity (Wildman–Crippen MR) is 530 cm³/mol. The van der Waals surface area contributed by atoms with Gasteiger partial charge in [0.05, 0.1) is 41.9 Å². The van der Waals surface area contributed by atoms with Crippen molar-refractivity contribution in [3.8, 4) is 23.0 Å². The van der Waals surface area contributed by atoms with Gasteiger partial charge in [-0.25, -0.2) is 4.57 Å². The Morgan fingerprint density at radius 3 is 0.985 bits per heavy atom. The number of carbonyl (C=O) groups excluding carboxylic acids is 1. The van der Waals surface area contributed by atoms with Crippen molar-refractivity contribution in [1.29, 1.82) is 0 Å². The first-order valence-corrected chi connectivity index (χ1v) is 47.4. The Morgan fingerprint density at radius 2 is 0.614 bits per heavy atom. The van der Waals surface area contributed by atoms with Crippen LogP contribution in [-0.4, -0.2) is 55.6 Å². The third-order valence-electron chi connectivity index (χ3n) is 25.1. The number of carbonyl (C=O) groups is 1. The zero-order valence-electron chi connectivity index (χ0n) is 81.4. The molecule has 1 N–H and O–H groups in total. The number of rotatable bonds is 36. The van der Waals surface area contributed by atoms with Gasteiger partial charge in [0.1, 0.15) is 64.8 Å². The van der Waals surface area contributed by atoms with Crippen LogP contribution in [0.15, 0.2) is 243 Å². The summed E-state index contributed by atoms with van der Waals surface area (Å²) in [4.78, 5) is 13.0. The number of pyridine rings is 4. The van der Waals surface area contributed by atoms with E-state index in [9.17, 15) is 9.90 Å². The number of aliphatic hydroxyl groups is 1. The first-order valence-electron chi connectivity index (χ1n) is 47.4. The van der Waals surface area contributed by atoms with Crippen molar-refractivity contribution in [2.75, 3.05) is 26.4 Å². The summed E-state index contributed by atoms with van der Waals surface area (Å²) in [5, 5.41) is 19.7. The van der Waals surface area contributed by atoms with Crippen molar-refractivity contribution in [2.45, 2.75) is 229 Å². The highest BCUT2D eigenvalue weighted by atomic mass is 79.9. The molecule has 0 bridgehead atoms. The Morgan fingerprint density at radius 1 is 0.311 bits per heavy atom. The number of ketones is 1. The minimum Gasteiger partial charge on any atom is -1.00 e. The molecule has 16 rings (SSSR count). The zero-order chi connectivity index (χ0) is 90.7. The summed E-state index contributed by atoms with van der Waals surface area (Å²) in [6.45, 7) is 50.2. The number of Topliss-reactive ketones (excluding diaryl/α,β-unsaturated/α-hetero) is 1. The highest BCUT2D eigenvalue weighted by Crippen LogP contribution is 2.39. The van der Waals surface area contributed by atoms with E-state index in [4.69, 9.17) is 18.9 Å². The van der Waals surface area contributed by atoms with Gasteiger partial charge in [0.25, 0.3) is 0 Å². The smallest absolute Gasteiger partial charge is 0.227 e. The van der Waals surface area contributed by atoms with Gasteiger partial charge in [0, 0.05) is 163 Å². The van der Waals surface area contributed by atoms with Gasteiger partial charge < -0.3 is 110 Å². The first kappa shape index (κ1) is 106. The third kappa shape index (κ3) is 26.9. The largest absolute Gasteiger partial charge is 1.00 e. The van der Waals surface area contributed by atoms with Crippen molar-refractivity contribution < 1.29 is 115 Å². The van der Waals surface area contributed by atoms with E-state index in [0.29, 0.717) is 61.1 Å². The number of benzene rings is 8. The maximum Gasteiger partial charge on any atom is 0.227 e.